The highest BCUT2D eigenvalue weighted by atomic mass is 32.1. The number of aryl methyl sites for hydroxylation is 2. The smallest absolute Gasteiger partial charge is 0.341 e. The molecule has 1 amide bonds. The summed E-state index contributed by atoms with van der Waals surface area (Å²) in [6.07, 6.45) is 5.80. The lowest BCUT2D eigenvalue weighted by atomic mass is 9.95. The standard InChI is InChI=1S/C30H29NO7S/c1-3-18-9-5-7-11-22(18)38-24-16-37-23-15-19(13-14-20(23)28(24)33)36-17-26(32)31-29-27(30(34)35-4-2)21-10-6-8-12-25(21)39-29/h5,7,9,11,13-16H,3-4,6,8,10,12,17H2,1-2H3,(H,31,32). The highest BCUT2D eigenvalue weighted by molar-refractivity contribution is 7.17. The van der Waals surface area contributed by atoms with Gasteiger partial charge in [-0.1, -0.05) is 25.1 Å². The van der Waals surface area contributed by atoms with Crippen molar-refractivity contribution in [2.24, 2.45) is 0 Å². The lowest BCUT2D eigenvalue weighted by molar-refractivity contribution is -0.118. The van der Waals surface area contributed by atoms with Crippen LogP contribution in [0.25, 0.3) is 11.0 Å². The third kappa shape index (κ3) is 5.68. The first kappa shape index (κ1) is 26.5. The molecule has 0 radical (unpaired) electrons. The van der Waals surface area contributed by atoms with Crippen LogP contribution in [0.1, 0.15) is 53.1 Å². The van der Waals surface area contributed by atoms with E-state index in [0.29, 0.717) is 33.0 Å². The molecule has 4 aromatic rings. The van der Waals surface area contributed by atoms with Crippen molar-refractivity contribution < 1.29 is 28.2 Å². The molecule has 8 nitrogen and oxygen atoms in total. The molecule has 2 aromatic carbocycles. The monoisotopic (exact) mass is 547 g/mol. The summed E-state index contributed by atoms with van der Waals surface area (Å²) in [5, 5.41) is 3.66. The number of hydrogen-bond donors (Lipinski definition) is 1. The predicted octanol–water partition coefficient (Wildman–Crippen LogP) is 6.28. The first-order chi connectivity index (χ1) is 19.0. The molecule has 1 aliphatic carbocycles. The van der Waals surface area contributed by atoms with E-state index in [9.17, 15) is 14.4 Å². The third-order valence-electron chi connectivity index (χ3n) is 6.56. The van der Waals surface area contributed by atoms with Crippen molar-refractivity contribution in [2.45, 2.75) is 46.0 Å². The van der Waals surface area contributed by atoms with E-state index in [1.807, 2.05) is 31.2 Å². The van der Waals surface area contributed by atoms with Gasteiger partial charge in [0.15, 0.2) is 6.61 Å². The normalized spacial score (nSPS) is 12.6. The zero-order valence-corrected chi connectivity index (χ0v) is 22.7. The lowest BCUT2D eigenvalue weighted by Gasteiger charge is -2.12. The van der Waals surface area contributed by atoms with Crippen molar-refractivity contribution in [2.75, 3.05) is 18.5 Å². The van der Waals surface area contributed by atoms with Crippen molar-refractivity contribution in [3.05, 3.63) is 80.5 Å². The number of carbonyl (C=O) groups is 2. The van der Waals surface area contributed by atoms with Gasteiger partial charge in [-0.3, -0.25) is 9.59 Å². The molecule has 9 heteroatoms. The first-order valence-electron chi connectivity index (χ1n) is 13.0. The number of thiophene rings is 1. The van der Waals surface area contributed by atoms with Gasteiger partial charge >= 0.3 is 5.97 Å². The molecule has 1 N–H and O–H groups in total. The Morgan fingerprint density at radius 1 is 1.05 bits per heavy atom. The number of esters is 1. The molecule has 1 aliphatic rings. The summed E-state index contributed by atoms with van der Waals surface area (Å²) in [6.45, 7) is 3.75. The molecule has 0 fully saturated rings. The topological polar surface area (TPSA) is 104 Å². The molecule has 202 valence electrons. The fourth-order valence-electron chi connectivity index (χ4n) is 4.65. The van der Waals surface area contributed by atoms with Crippen molar-refractivity contribution in [3.63, 3.8) is 0 Å². The van der Waals surface area contributed by atoms with Gasteiger partial charge in [0.2, 0.25) is 11.2 Å². The number of para-hydroxylation sites is 1. The molecule has 39 heavy (non-hydrogen) atoms. The van der Waals surface area contributed by atoms with E-state index in [1.165, 1.54) is 17.6 Å². The molecule has 0 saturated carbocycles. The van der Waals surface area contributed by atoms with Crippen LogP contribution in [-0.4, -0.2) is 25.1 Å². The lowest BCUT2D eigenvalue weighted by Crippen LogP contribution is -2.21. The van der Waals surface area contributed by atoms with Crippen LogP contribution in [0, 0.1) is 0 Å². The van der Waals surface area contributed by atoms with E-state index in [1.54, 1.807) is 25.1 Å². The van der Waals surface area contributed by atoms with Crippen LogP contribution in [0.15, 0.2) is 57.9 Å². The van der Waals surface area contributed by atoms with Gasteiger partial charge < -0.3 is 23.9 Å². The average Bonchev–Trinajstić information content (AvgIpc) is 3.31. The minimum atomic E-state index is -0.417. The largest absolute Gasteiger partial charge is 0.484 e. The van der Waals surface area contributed by atoms with Crippen LogP contribution in [-0.2, 0) is 28.8 Å². The van der Waals surface area contributed by atoms with Crippen molar-refractivity contribution in [1.82, 2.24) is 0 Å². The van der Waals surface area contributed by atoms with Gasteiger partial charge in [-0.25, -0.2) is 4.79 Å². The molecular formula is C30H29NO7S. The summed E-state index contributed by atoms with van der Waals surface area (Å²) >= 11 is 1.42. The molecule has 0 spiro atoms. The fourth-order valence-corrected chi connectivity index (χ4v) is 5.94. The van der Waals surface area contributed by atoms with Gasteiger partial charge in [-0.2, -0.15) is 0 Å². The molecule has 0 aliphatic heterocycles. The minimum absolute atomic E-state index is 0.0903. The van der Waals surface area contributed by atoms with Gasteiger partial charge in [0.1, 0.15) is 28.3 Å². The molecular weight excluding hydrogens is 518 g/mol. The second-order valence-electron chi connectivity index (χ2n) is 9.12. The Kier molecular flexibility index (Phi) is 7.97. The molecule has 2 heterocycles. The summed E-state index contributed by atoms with van der Waals surface area (Å²) in [5.41, 5.74) is 2.42. The number of ether oxygens (including phenoxy) is 3. The zero-order valence-electron chi connectivity index (χ0n) is 21.8. The van der Waals surface area contributed by atoms with Crippen molar-refractivity contribution in [1.29, 1.82) is 0 Å². The van der Waals surface area contributed by atoms with Crippen molar-refractivity contribution >= 4 is 39.2 Å². The summed E-state index contributed by atoms with van der Waals surface area (Å²) in [7, 11) is 0. The van der Waals surface area contributed by atoms with Crippen LogP contribution in [0.3, 0.4) is 0 Å². The maximum absolute atomic E-state index is 13.0. The second-order valence-corrected chi connectivity index (χ2v) is 10.2. The Balaban J connectivity index is 1.28. The molecule has 5 rings (SSSR count). The molecule has 0 atom stereocenters. The Morgan fingerprint density at radius 3 is 2.69 bits per heavy atom. The minimum Gasteiger partial charge on any atom is -0.484 e. The third-order valence-corrected chi connectivity index (χ3v) is 7.77. The van der Waals surface area contributed by atoms with Crippen LogP contribution < -0.4 is 20.2 Å². The highest BCUT2D eigenvalue weighted by Gasteiger charge is 2.27. The highest BCUT2D eigenvalue weighted by Crippen LogP contribution is 2.38. The van der Waals surface area contributed by atoms with E-state index in [0.717, 1.165) is 48.1 Å². The number of amides is 1. The maximum Gasteiger partial charge on any atom is 0.341 e. The van der Waals surface area contributed by atoms with Crippen LogP contribution in [0.4, 0.5) is 5.00 Å². The van der Waals surface area contributed by atoms with E-state index >= 15 is 0 Å². The molecule has 0 unspecified atom stereocenters. The number of rotatable bonds is 9. The van der Waals surface area contributed by atoms with Crippen LogP contribution in [0.2, 0.25) is 0 Å². The molecule has 2 aromatic heterocycles. The number of fused-ring (bicyclic) bond motifs is 2. The summed E-state index contributed by atoms with van der Waals surface area (Å²) < 4.78 is 22.4. The van der Waals surface area contributed by atoms with Gasteiger partial charge in [0.05, 0.1) is 17.6 Å². The SMILES string of the molecule is CCOC(=O)c1c(NC(=O)COc2ccc3c(=O)c(Oc4ccccc4CC)coc3c2)sc2c1CCCC2. The van der Waals surface area contributed by atoms with Gasteiger partial charge in [-0.05, 0) is 68.4 Å². The van der Waals surface area contributed by atoms with E-state index in [4.69, 9.17) is 18.6 Å². The number of nitrogens with one attached hydrogen (secondary N) is 1. The quantitative estimate of drug-likeness (QED) is 0.246. The first-order valence-corrected chi connectivity index (χ1v) is 13.9. The van der Waals surface area contributed by atoms with Gasteiger partial charge in [0.25, 0.3) is 5.91 Å². The summed E-state index contributed by atoms with van der Waals surface area (Å²) in [6, 6.07) is 12.3. The van der Waals surface area contributed by atoms with Gasteiger partial charge in [-0.15, -0.1) is 11.3 Å². The number of benzene rings is 2. The van der Waals surface area contributed by atoms with E-state index < -0.39 is 11.9 Å². The van der Waals surface area contributed by atoms with E-state index in [-0.39, 0.29) is 24.4 Å². The van der Waals surface area contributed by atoms with Crippen LogP contribution in [0.5, 0.6) is 17.2 Å². The average molecular weight is 548 g/mol. The Morgan fingerprint density at radius 2 is 1.87 bits per heavy atom. The predicted molar refractivity (Wildman–Crippen MR) is 149 cm³/mol. The molecule has 0 bridgehead atoms. The Hall–Kier alpha value is -4.11. The Bertz CT molecular complexity index is 1590. The second kappa shape index (κ2) is 11.7. The molecule has 0 saturated heterocycles. The zero-order chi connectivity index (χ0) is 27.4. The maximum atomic E-state index is 13.0. The number of anilines is 1. The van der Waals surface area contributed by atoms with Crippen molar-refractivity contribution in [3.8, 4) is 17.2 Å². The van der Waals surface area contributed by atoms with Gasteiger partial charge in [0, 0.05) is 10.9 Å². The van der Waals surface area contributed by atoms with E-state index in [2.05, 4.69) is 5.32 Å². The summed E-state index contributed by atoms with van der Waals surface area (Å²) in [4.78, 5) is 39.5. The van der Waals surface area contributed by atoms with Crippen LogP contribution >= 0.6 is 11.3 Å². The summed E-state index contributed by atoms with van der Waals surface area (Å²) in [5.74, 6) is 0.239. The Labute approximate surface area is 229 Å². The fraction of sp³-hybridized carbons (Fsp3) is 0.300. The number of hydrogen-bond acceptors (Lipinski definition) is 8. The number of carbonyl (C=O) groups excluding carboxylic acids is 2.